The van der Waals surface area contributed by atoms with Gasteiger partial charge in [0.05, 0.1) is 13.2 Å². The summed E-state index contributed by atoms with van der Waals surface area (Å²) in [6.07, 6.45) is 0. The van der Waals surface area contributed by atoms with Gasteiger partial charge in [0, 0.05) is 11.0 Å². The Hall–Kier alpha value is -0.640. The van der Waals surface area contributed by atoms with Crippen molar-refractivity contribution >= 4 is 15.9 Å². The minimum absolute atomic E-state index is 0.486. The van der Waals surface area contributed by atoms with E-state index in [4.69, 9.17) is 10.5 Å². The van der Waals surface area contributed by atoms with Crippen LogP contribution in [0, 0.1) is 0 Å². The van der Waals surface area contributed by atoms with Gasteiger partial charge in [-0.3, -0.25) is 0 Å². The smallest absolute Gasteiger partial charge is 0.0721 e. The van der Waals surface area contributed by atoms with Crippen LogP contribution >= 0.6 is 15.9 Å². The first-order valence-corrected chi connectivity index (χ1v) is 5.20. The van der Waals surface area contributed by atoms with Gasteiger partial charge >= 0.3 is 0 Å². The lowest BCUT2D eigenvalue weighted by Gasteiger charge is -2.05. The fraction of sp³-hybridized carbons (Fsp3) is 0.273. The van der Waals surface area contributed by atoms with Crippen LogP contribution in [0.25, 0.3) is 0 Å². The molecule has 1 aromatic rings. The fourth-order valence-electron chi connectivity index (χ4n) is 0.953. The largest absolute Gasteiger partial charge is 0.372 e. The van der Waals surface area contributed by atoms with Crippen molar-refractivity contribution in [1.82, 2.24) is 0 Å². The van der Waals surface area contributed by atoms with E-state index in [-0.39, 0.29) is 0 Å². The summed E-state index contributed by atoms with van der Waals surface area (Å²) >= 11 is 3.38. The number of rotatable bonds is 5. The molecule has 0 aromatic heterocycles. The molecule has 0 bridgehead atoms. The third-order valence-electron chi connectivity index (χ3n) is 1.78. The van der Waals surface area contributed by atoms with E-state index in [2.05, 4.69) is 22.5 Å². The summed E-state index contributed by atoms with van der Waals surface area (Å²) in [6, 6.07) is 8.04. The summed E-state index contributed by atoms with van der Waals surface area (Å²) < 4.78 is 6.49. The van der Waals surface area contributed by atoms with Gasteiger partial charge in [-0.15, -0.1) is 0 Å². The summed E-state index contributed by atoms with van der Waals surface area (Å²) in [5, 5.41) is 0. The molecular weight excluding hydrogens is 242 g/mol. The second-order valence-electron chi connectivity index (χ2n) is 3.07. The van der Waals surface area contributed by atoms with Crippen LogP contribution in [0.3, 0.4) is 0 Å². The van der Waals surface area contributed by atoms with E-state index in [9.17, 15) is 0 Å². The van der Waals surface area contributed by atoms with Crippen molar-refractivity contribution < 1.29 is 4.74 Å². The summed E-state index contributed by atoms with van der Waals surface area (Å²) in [6.45, 7) is 5.39. The van der Waals surface area contributed by atoms with E-state index in [1.54, 1.807) is 0 Å². The molecule has 3 heteroatoms. The van der Waals surface area contributed by atoms with Crippen LogP contribution in [0.1, 0.15) is 5.56 Å². The Morgan fingerprint density at radius 2 is 2.00 bits per heavy atom. The fourth-order valence-corrected chi connectivity index (χ4v) is 1.22. The van der Waals surface area contributed by atoms with Crippen LogP contribution in [0.4, 0.5) is 0 Å². The molecule has 0 aliphatic carbocycles. The Bertz CT molecular complexity index is 295. The second kappa shape index (κ2) is 5.96. The maximum Gasteiger partial charge on any atom is 0.0721 e. The summed E-state index contributed by atoms with van der Waals surface area (Å²) in [5.74, 6) is 0. The molecule has 0 heterocycles. The Kier molecular flexibility index (Phi) is 4.87. The second-order valence-corrected chi connectivity index (χ2v) is 3.99. The van der Waals surface area contributed by atoms with Crippen LogP contribution in [0.15, 0.2) is 40.9 Å². The molecule has 0 radical (unpaired) electrons. The van der Waals surface area contributed by atoms with E-state index in [1.165, 1.54) is 0 Å². The maximum absolute atomic E-state index is 5.42. The maximum atomic E-state index is 5.42. The average Bonchev–Trinajstić information content (AvgIpc) is 2.21. The lowest BCUT2D eigenvalue weighted by Crippen LogP contribution is -2.07. The van der Waals surface area contributed by atoms with Crippen molar-refractivity contribution in [3.63, 3.8) is 0 Å². The highest BCUT2D eigenvalue weighted by Gasteiger charge is 1.94. The number of benzene rings is 1. The third-order valence-corrected chi connectivity index (χ3v) is 2.31. The summed E-state index contributed by atoms with van der Waals surface area (Å²) in [7, 11) is 0. The molecule has 0 atom stereocenters. The first kappa shape index (κ1) is 11.4. The van der Waals surface area contributed by atoms with E-state index < -0.39 is 0 Å². The highest BCUT2D eigenvalue weighted by Crippen LogP contribution is 2.11. The van der Waals surface area contributed by atoms with Gasteiger partial charge in [0.1, 0.15) is 0 Å². The Balaban J connectivity index is 2.31. The zero-order chi connectivity index (χ0) is 10.4. The van der Waals surface area contributed by atoms with Crippen LogP contribution in [0.5, 0.6) is 0 Å². The molecule has 2 N–H and O–H groups in total. The van der Waals surface area contributed by atoms with Gasteiger partial charge in [-0.1, -0.05) is 34.6 Å². The molecule has 0 amide bonds. The van der Waals surface area contributed by atoms with Gasteiger partial charge in [0.25, 0.3) is 0 Å². The van der Waals surface area contributed by atoms with Crippen LogP contribution in [0.2, 0.25) is 0 Å². The third kappa shape index (κ3) is 4.05. The normalized spacial score (nSPS) is 10.1. The van der Waals surface area contributed by atoms with Gasteiger partial charge in [-0.2, -0.15) is 0 Å². The highest BCUT2D eigenvalue weighted by atomic mass is 79.9. The summed E-state index contributed by atoms with van der Waals surface area (Å²) in [5.41, 5.74) is 7.46. The quantitative estimate of drug-likeness (QED) is 0.821. The highest BCUT2D eigenvalue weighted by molar-refractivity contribution is 9.10. The molecule has 0 aliphatic rings. The molecule has 0 saturated heterocycles. The topological polar surface area (TPSA) is 35.2 Å². The SMILES string of the molecule is C=C(CN)COCc1ccc(Br)cc1. The Labute approximate surface area is 92.9 Å². The first-order chi connectivity index (χ1) is 6.72. The van der Waals surface area contributed by atoms with Crippen molar-refractivity contribution in [2.75, 3.05) is 13.2 Å². The minimum Gasteiger partial charge on any atom is -0.372 e. The zero-order valence-electron chi connectivity index (χ0n) is 8.00. The monoisotopic (exact) mass is 255 g/mol. The molecule has 0 unspecified atom stereocenters. The number of ether oxygens (including phenoxy) is 1. The van der Waals surface area contributed by atoms with Crippen LogP contribution < -0.4 is 5.73 Å². The minimum atomic E-state index is 0.486. The van der Waals surface area contributed by atoms with Gasteiger partial charge in [0.15, 0.2) is 0 Å². The molecule has 0 saturated carbocycles. The predicted molar refractivity (Wildman–Crippen MR) is 62.0 cm³/mol. The van der Waals surface area contributed by atoms with Gasteiger partial charge < -0.3 is 10.5 Å². The van der Waals surface area contributed by atoms with E-state index in [1.807, 2.05) is 24.3 Å². The van der Waals surface area contributed by atoms with Crippen molar-refractivity contribution in [1.29, 1.82) is 0 Å². The number of hydrogen-bond donors (Lipinski definition) is 1. The van der Waals surface area contributed by atoms with Crippen molar-refractivity contribution in [2.45, 2.75) is 6.61 Å². The average molecular weight is 256 g/mol. The van der Waals surface area contributed by atoms with Crippen molar-refractivity contribution in [3.05, 3.63) is 46.5 Å². The standard InChI is InChI=1S/C11H14BrNO/c1-9(6-13)7-14-8-10-2-4-11(12)5-3-10/h2-5H,1,6-8,13H2. The predicted octanol–water partition coefficient (Wildman–Crippen LogP) is 2.48. The zero-order valence-corrected chi connectivity index (χ0v) is 9.59. The molecule has 0 aliphatic heterocycles. The van der Waals surface area contributed by atoms with E-state index in [0.29, 0.717) is 19.8 Å². The molecule has 1 rings (SSSR count). The van der Waals surface area contributed by atoms with E-state index in [0.717, 1.165) is 15.6 Å². The van der Waals surface area contributed by atoms with Gasteiger partial charge in [-0.05, 0) is 23.3 Å². The number of nitrogens with two attached hydrogens (primary N) is 1. The molecule has 76 valence electrons. The van der Waals surface area contributed by atoms with Gasteiger partial charge in [0.2, 0.25) is 0 Å². The lowest BCUT2D eigenvalue weighted by molar-refractivity contribution is 0.142. The molecule has 1 aromatic carbocycles. The van der Waals surface area contributed by atoms with Crippen molar-refractivity contribution in [2.24, 2.45) is 5.73 Å². The van der Waals surface area contributed by atoms with Crippen LogP contribution in [-0.4, -0.2) is 13.2 Å². The summed E-state index contributed by atoms with van der Waals surface area (Å²) in [4.78, 5) is 0. The van der Waals surface area contributed by atoms with E-state index >= 15 is 0 Å². The molecule has 14 heavy (non-hydrogen) atoms. The molecule has 0 spiro atoms. The number of hydrogen-bond acceptors (Lipinski definition) is 2. The van der Waals surface area contributed by atoms with Crippen molar-refractivity contribution in [3.8, 4) is 0 Å². The Morgan fingerprint density at radius 1 is 1.36 bits per heavy atom. The lowest BCUT2D eigenvalue weighted by atomic mass is 10.2. The number of halogens is 1. The first-order valence-electron chi connectivity index (χ1n) is 4.41. The molecule has 2 nitrogen and oxygen atoms in total. The molecular formula is C11H14BrNO. The van der Waals surface area contributed by atoms with Gasteiger partial charge in [-0.25, -0.2) is 0 Å². The Morgan fingerprint density at radius 3 is 2.57 bits per heavy atom. The van der Waals surface area contributed by atoms with Crippen LogP contribution in [-0.2, 0) is 11.3 Å². The molecule has 0 fully saturated rings.